The topological polar surface area (TPSA) is 42.6 Å². The maximum absolute atomic E-state index is 5.90. The smallest absolute Gasteiger partial charge is 0.160 e. The molecular formula is C21H26N4OS. The van der Waals surface area contributed by atoms with Crippen LogP contribution in [0.1, 0.15) is 49.7 Å². The standard InChI is InChI=1S/C21H26N4OS/c1-2-15-14-27-21-23-19(17-8-3-4-10-22-17)20(25(15)21)18-9-5-11-24(18)13-16-7-6-12-26-16/h3-5,8-11,15-16,19-20H,2,6-7,12-14H2,1H3/t15-,16+,19+,20-/m1/s1. The fourth-order valence-electron chi connectivity index (χ4n) is 4.54. The highest BCUT2D eigenvalue weighted by Crippen LogP contribution is 2.48. The Balaban J connectivity index is 1.52. The van der Waals surface area contributed by atoms with E-state index in [0.717, 1.165) is 37.4 Å². The monoisotopic (exact) mass is 382 g/mol. The number of rotatable bonds is 5. The Bertz CT molecular complexity index is 815. The molecule has 142 valence electrons. The normalized spacial score (nSPS) is 30.0. The first-order valence-electron chi connectivity index (χ1n) is 10.0. The highest BCUT2D eigenvalue weighted by atomic mass is 32.2. The van der Waals surface area contributed by atoms with Gasteiger partial charge < -0.3 is 14.2 Å². The van der Waals surface area contributed by atoms with Crippen molar-refractivity contribution < 1.29 is 4.74 Å². The van der Waals surface area contributed by atoms with Crippen molar-refractivity contribution in [2.45, 2.75) is 57.0 Å². The summed E-state index contributed by atoms with van der Waals surface area (Å²) in [6.07, 6.45) is 7.89. The summed E-state index contributed by atoms with van der Waals surface area (Å²) in [5.74, 6) is 1.13. The van der Waals surface area contributed by atoms with Crippen LogP contribution >= 0.6 is 11.8 Å². The summed E-state index contributed by atoms with van der Waals surface area (Å²) in [6, 6.07) is 11.4. The van der Waals surface area contributed by atoms with E-state index in [1.807, 2.05) is 24.0 Å². The van der Waals surface area contributed by atoms with Crippen LogP contribution < -0.4 is 0 Å². The molecule has 0 unspecified atom stereocenters. The average molecular weight is 383 g/mol. The largest absolute Gasteiger partial charge is 0.376 e. The molecule has 4 atom stereocenters. The highest BCUT2D eigenvalue weighted by Gasteiger charge is 2.46. The minimum Gasteiger partial charge on any atom is -0.376 e. The third-order valence-corrected chi connectivity index (χ3v) is 7.05. The van der Waals surface area contributed by atoms with Gasteiger partial charge in [0.1, 0.15) is 6.04 Å². The lowest BCUT2D eigenvalue weighted by Crippen LogP contribution is -2.36. The third kappa shape index (κ3) is 3.09. The zero-order chi connectivity index (χ0) is 18.2. The quantitative estimate of drug-likeness (QED) is 0.783. The number of pyridine rings is 1. The first-order valence-corrected chi connectivity index (χ1v) is 11.0. The van der Waals surface area contributed by atoms with Gasteiger partial charge in [-0.15, -0.1) is 0 Å². The van der Waals surface area contributed by atoms with Crippen LogP contribution in [0.3, 0.4) is 0 Å². The lowest BCUT2D eigenvalue weighted by molar-refractivity contribution is 0.0950. The number of nitrogens with zero attached hydrogens (tertiary/aromatic N) is 4. The first-order chi connectivity index (χ1) is 13.3. The molecule has 0 N–H and O–H groups in total. The first kappa shape index (κ1) is 17.3. The molecule has 0 spiro atoms. The van der Waals surface area contributed by atoms with E-state index >= 15 is 0 Å². The molecule has 0 radical (unpaired) electrons. The number of thioether (sulfide) groups is 1. The molecule has 5 heterocycles. The highest BCUT2D eigenvalue weighted by molar-refractivity contribution is 8.14. The molecule has 0 amide bonds. The maximum Gasteiger partial charge on any atom is 0.160 e. The van der Waals surface area contributed by atoms with Crippen molar-refractivity contribution in [3.8, 4) is 0 Å². The lowest BCUT2D eigenvalue weighted by atomic mass is 9.99. The molecule has 0 aliphatic carbocycles. The van der Waals surface area contributed by atoms with E-state index in [2.05, 4.69) is 51.8 Å². The molecule has 2 fully saturated rings. The fraction of sp³-hybridized carbons (Fsp3) is 0.524. The number of aromatic nitrogens is 2. The van der Waals surface area contributed by atoms with E-state index in [1.165, 1.54) is 17.3 Å². The second-order valence-electron chi connectivity index (χ2n) is 7.56. The molecule has 2 aromatic rings. The Labute approximate surface area is 164 Å². The average Bonchev–Trinajstić information content (AvgIpc) is 3.47. The minimum atomic E-state index is 0.0567. The van der Waals surface area contributed by atoms with Gasteiger partial charge in [-0.05, 0) is 43.5 Å². The van der Waals surface area contributed by atoms with E-state index in [-0.39, 0.29) is 12.1 Å². The Morgan fingerprint density at radius 3 is 3.00 bits per heavy atom. The summed E-state index contributed by atoms with van der Waals surface area (Å²) < 4.78 is 8.30. The van der Waals surface area contributed by atoms with Crippen LogP contribution in [0.5, 0.6) is 0 Å². The van der Waals surface area contributed by atoms with Crippen LogP contribution in [0.25, 0.3) is 0 Å². The molecule has 27 heavy (non-hydrogen) atoms. The predicted octanol–water partition coefficient (Wildman–Crippen LogP) is 4.04. The number of fused-ring (bicyclic) bond motifs is 1. The predicted molar refractivity (Wildman–Crippen MR) is 109 cm³/mol. The number of amidine groups is 1. The van der Waals surface area contributed by atoms with Crippen molar-refractivity contribution in [1.82, 2.24) is 14.5 Å². The molecule has 2 saturated heterocycles. The second kappa shape index (κ2) is 7.32. The fourth-order valence-corrected chi connectivity index (χ4v) is 5.88. The molecular weight excluding hydrogens is 356 g/mol. The Hall–Kier alpha value is -1.79. The van der Waals surface area contributed by atoms with Gasteiger partial charge >= 0.3 is 0 Å². The number of hydrogen-bond acceptors (Lipinski definition) is 5. The van der Waals surface area contributed by atoms with Gasteiger partial charge in [0.05, 0.1) is 17.8 Å². The van der Waals surface area contributed by atoms with Crippen LogP contribution in [-0.4, -0.2) is 44.1 Å². The molecule has 5 rings (SSSR count). The molecule has 2 aromatic heterocycles. The number of ether oxygens (including phenoxy) is 1. The molecule has 3 aliphatic rings. The summed E-state index contributed by atoms with van der Waals surface area (Å²) in [4.78, 5) is 12.3. The molecule has 3 aliphatic heterocycles. The van der Waals surface area contributed by atoms with E-state index in [0.29, 0.717) is 12.1 Å². The van der Waals surface area contributed by atoms with Gasteiger partial charge in [-0.1, -0.05) is 24.8 Å². The van der Waals surface area contributed by atoms with Gasteiger partial charge in [-0.3, -0.25) is 9.98 Å². The van der Waals surface area contributed by atoms with E-state index in [4.69, 9.17) is 9.73 Å². The zero-order valence-electron chi connectivity index (χ0n) is 15.7. The van der Waals surface area contributed by atoms with Crippen molar-refractivity contribution in [3.63, 3.8) is 0 Å². The Morgan fingerprint density at radius 2 is 2.22 bits per heavy atom. The van der Waals surface area contributed by atoms with E-state index < -0.39 is 0 Å². The Kier molecular flexibility index (Phi) is 4.70. The van der Waals surface area contributed by atoms with Crippen LogP contribution in [0.4, 0.5) is 0 Å². The summed E-state index contributed by atoms with van der Waals surface area (Å²) in [5.41, 5.74) is 2.39. The van der Waals surface area contributed by atoms with Crippen molar-refractivity contribution >= 4 is 16.9 Å². The van der Waals surface area contributed by atoms with Crippen LogP contribution in [0.2, 0.25) is 0 Å². The van der Waals surface area contributed by atoms with Gasteiger partial charge in [-0.25, -0.2) is 0 Å². The summed E-state index contributed by atoms with van der Waals surface area (Å²) in [7, 11) is 0. The number of aliphatic imine (C=N–C) groups is 1. The van der Waals surface area contributed by atoms with Gasteiger partial charge in [-0.2, -0.15) is 0 Å². The van der Waals surface area contributed by atoms with Crippen LogP contribution in [0.15, 0.2) is 47.7 Å². The van der Waals surface area contributed by atoms with Gasteiger partial charge in [0.2, 0.25) is 0 Å². The third-order valence-electron chi connectivity index (χ3n) is 5.92. The summed E-state index contributed by atoms with van der Waals surface area (Å²) in [5, 5.41) is 1.19. The molecule has 0 saturated carbocycles. The summed E-state index contributed by atoms with van der Waals surface area (Å²) >= 11 is 1.90. The minimum absolute atomic E-state index is 0.0567. The van der Waals surface area contributed by atoms with E-state index in [9.17, 15) is 0 Å². The Morgan fingerprint density at radius 1 is 1.26 bits per heavy atom. The molecule has 5 nitrogen and oxygen atoms in total. The number of hydrogen-bond donors (Lipinski definition) is 0. The SMILES string of the molecule is CC[C@@H]1CSC2=N[C@@H](c3ccccn3)[C@@H](c3cccn3C[C@@H]3CCCO3)N21. The lowest BCUT2D eigenvalue weighted by Gasteiger charge is -2.32. The second-order valence-corrected chi connectivity index (χ2v) is 8.54. The zero-order valence-corrected chi connectivity index (χ0v) is 16.5. The van der Waals surface area contributed by atoms with Gasteiger partial charge in [0.25, 0.3) is 0 Å². The molecule has 0 bridgehead atoms. The van der Waals surface area contributed by atoms with Gasteiger partial charge in [0.15, 0.2) is 5.17 Å². The molecule has 0 aromatic carbocycles. The van der Waals surface area contributed by atoms with Gasteiger partial charge in [0, 0.05) is 43.0 Å². The van der Waals surface area contributed by atoms with Crippen LogP contribution in [-0.2, 0) is 11.3 Å². The van der Waals surface area contributed by atoms with Crippen molar-refractivity contribution in [2.24, 2.45) is 4.99 Å². The van der Waals surface area contributed by atoms with Crippen LogP contribution in [0, 0.1) is 0 Å². The van der Waals surface area contributed by atoms with Crippen molar-refractivity contribution in [2.75, 3.05) is 12.4 Å². The van der Waals surface area contributed by atoms with E-state index in [1.54, 1.807) is 0 Å². The molecule has 6 heteroatoms. The van der Waals surface area contributed by atoms with Crippen molar-refractivity contribution in [3.05, 3.63) is 54.1 Å². The maximum atomic E-state index is 5.90. The summed E-state index contributed by atoms with van der Waals surface area (Å²) in [6.45, 7) is 4.11. The van der Waals surface area contributed by atoms with Crippen molar-refractivity contribution in [1.29, 1.82) is 0 Å².